The predicted octanol–water partition coefficient (Wildman–Crippen LogP) is 11.0. The maximum Gasteiger partial charge on any atom is 0.222 e. The monoisotopic (exact) mass is 480 g/mol. The number of rotatable bonds is 28. The minimum atomic E-state index is 0.439. The van der Waals surface area contributed by atoms with Gasteiger partial charge in [-0.15, -0.1) is 0 Å². The topological polar surface area (TPSA) is 20.3 Å². The van der Waals surface area contributed by atoms with Crippen molar-refractivity contribution >= 4 is 5.91 Å². The van der Waals surface area contributed by atoms with E-state index in [2.05, 4.69) is 25.7 Å². The Labute approximate surface area is 216 Å². The van der Waals surface area contributed by atoms with Crippen LogP contribution in [0.15, 0.2) is 0 Å². The zero-order valence-electron chi connectivity index (χ0n) is 24.2. The van der Waals surface area contributed by atoms with Gasteiger partial charge in [0.15, 0.2) is 0 Å². The van der Waals surface area contributed by atoms with Gasteiger partial charge >= 0.3 is 0 Å². The second-order valence-electron chi connectivity index (χ2n) is 10.9. The van der Waals surface area contributed by atoms with Crippen LogP contribution in [0.3, 0.4) is 0 Å². The summed E-state index contributed by atoms with van der Waals surface area (Å²) < 4.78 is 0. The maximum atomic E-state index is 13.0. The van der Waals surface area contributed by atoms with E-state index in [0.29, 0.717) is 5.91 Å². The van der Waals surface area contributed by atoms with E-state index in [0.717, 1.165) is 25.9 Å². The molecule has 0 radical (unpaired) electrons. The molecule has 2 heteroatoms. The smallest absolute Gasteiger partial charge is 0.222 e. The summed E-state index contributed by atoms with van der Waals surface area (Å²) in [4.78, 5) is 15.2. The minimum Gasteiger partial charge on any atom is -0.343 e. The summed E-state index contributed by atoms with van der Waals surface area (Å²) >= 11 is 0. The van der Waals surface area contributed by atoms with Gasteiger partial charge in [-0.2, -0.15) is 0 Å². The van der Waals surface area contributed by atoms with Gasteiger partial charge in [0, 0.05) is 19.5 Å². The van der Waals surface area contributed by atoms with E-state index in [1.165, 1.54) is 154 Å². The van der Waals surface area contributed by atoms with Crippen LogP contribution in [0.2, 0.25) is 0 Å². The molecule has 2 nitrogen and oxygen atoms in total. The highest BCUT2D eigenvalue weighted by atomic mass is 16.2. The lowest BCUT2D eigenvalue weighted by Gasteiger charge is -2.23. The lowest BCUT2D eigenvalue weighted by Crippen LogP contribution is -2.32. The molecule has 0 unspecified atom stereocenters. The third-order valence-electron chi connectivity index (χ3n) is 7.41. The van der Waals surface area contributed by atoms with Crippen molar-refractivity contribution in [3.05, 3.63) is 0 Å². The first kappa shape index (κ1) is 33.5. The van der Waals surface area contributed by atoms with Crippen LogP contribution in [0, 0.1) is 0 Å². The molecular weight excluding hydrogens is 414 g/mol. The number of hydrogen-bond donors (Lipinski definition) is 0. The molecule has 0 aromatic heterocycles. The Morgan fingerprint density at radius 1 is 0.382 bits per heavy atom. The second kappa shape index (κ2) is 28.7. The van der Waals surface area contributed by atoms with Crippen molar-refractivity contribution in [3.8, 4) is 0 Å². The number of nitrogens with zero attached hydrogens (tertiary/aromatic N) is 1. The van der Waals surface area contributed by atoms with Gasteiger partial charge in [0.1, 0.15) is 0 Å². The van der Waals surface area contributed by atoms with Gasteiger partial charge < -0.3 is 4.90 Å². The fraction of sp³-hybridized carbons (Fsp3) is 0.969. The molecule has 0 aromatic carbocycles. The fourth-order valence-electron chi connectivity index (χ4n) is 4.98. The van der Waals surface area contributed by atoms with Crippen molar-refractivity contribution in [1.82, 2.24) is 4.90 Å². The van der Waals surface area contributed by atoms with E-state index in [4.69, 9.17) is 0 Å². The molecule has 204 valence electrons. The maximum absolute atomic E-state index is 13.0. The van der Waals surface area contributed by atoms with E-state index in [1.54, 1.807) is 0 Å². The zero-order valence-corrected chi connectivity index (χ0v) is 24.2. The highest BCUT2D eigenvalue weighted by Gasteiger charge is 2.12. The van der Waals surface area contributed by atoms with Gasteiger partial charge in [0.05, 0.1) is 0 Å². The lowest BCUT2D eigenvalue weighted by molar-refractivity contribution is -0.131. The zero-order chi connectivity index (χ0) is 25.0. The van der Waals surface area contributed by atoms with Crippen molar-refractivity contribution < 1.29 is 4.79 Å². The Hall–Kier alpha value is -0.530. The van der Waals surface area contributed by atoms with Gasteiger partial charge in [-0.1, -0.05) is 162 Å². The van der Waals surface area contributed by atoms with Crippen LogP contribution in [0.1, 0.15) is 188 Å². The van der Waals surface area contributed by atoms with E-state index in [9.17, 15) is 4.79 Å². The summed E-state index contributed by atoms with van der Waals surface area (Å²) in [7, 11) is 0. The summed E-state index contributed by atoms with van der Waals surface area (Å²) in [5.74, 6) is 0.439. The molecule has 1 amide bonds. The van der Waals surface area contributed by atoms with Gasteiger partial charge in [-0.25, -0.2) is 0 Å². The molecule has 0 saturated carbocycles. The van der Waals surface area contributed by atoms with Gasteiger partial charge in [-0.3, -0.25) is 4.79 Å². The third-order valence-corrected chi connectivity index (χ3v) is 7.41. The number of amides is 1. The largest absolute Gasteiger partial charge is 0.343 e. The van der Waals surface area contributed by atoms with Crippen LogP contribution >= 0.6 is 0 Å². The number of unbranched alkanes of at least 4 members (excludes halogenated alkanes) is 22. The van der Waals surface area contributed by atoms with Gasteiger partial charge in [0.2, 0.25) is 5.91 Å². The highest BCUT2D eigenvalue weighted by Crippen LogP contribution is 2.14. The molecule has 0 rings (SSSR count). The first-order chi connectivity index (χ1) is 16.8. The molecule has 0 N–H and O–H groups in total. The van der Waals surface area contributed by atoms with Crippen LogP contribution in [0.25, 0.3) is 0 Å². The molecule has 0 aliphatic carbocycles. The molecule has 0 aliphatic heterocycles. The Bertz CT molecular complexity index is 374. The Morgan fingerprint density at radius 2 is 0.647 bits per heavy atom. The van der Waals surface area contributed by atoms with Crippen LogP contribution in [0.4, 0.5) is 0 Å². The molecular formula is C32H65NO. The molecule has 0 aromatic rings. The summed E-state index contributed by atoms with van der Waals surface area (Å²) in [5, 5.41) is 0. The molecule has 0 heterocycles. The first-order valence-electron chi connectivity index (χ1n) is 16.0. The summed E-state index contributed by atoms with van der Waals surface area (Å²) in [6.07, 6.45) is 34.2. The molecule has 0 saturated heterocycles. The fourth-order valence-corrected chi connectivity index (χ4v) is 4.98. The standard InChI is InChI=1S/C32H65NO/c1-4-7-10-13-16-19-20-23-26-29-32(34)33(30-27-24-21-17-14-11-8-5-2)31-28-25-22-18-15-12-9-6-3/h4-31H2,1-3H3. The summed E-state index contributed by atoms with van der Waals surface area (Å²) in [6.45, 7) is 8.85. The molecule has 0 bridgehead atoms. The minimum absolute atomic E-state index is 0.439. The molecule has 0 aliphatic rings. The van der Waals surface area contributed by atoms with Crippen molar-refractivity contribution in [2.24, 2.45) is 0 Å². The van der Waals surface area contributed by atoms with E-state index >= 15 is 0 Å². The normalized spacial score (nSPS) is 11.3. The second-order valence-corrected chi connectivity index (χ2v) is 10.9. The Balaban J connectivity index is 4.04. The number of hydrogen-bond acceptors (Lipinski definition) is 1. The predicted molar refractivity (Wildman–Crippen MR) is 154 cm³/mol. The van der Waals surface area contributed by atoms with E-state index < -0.39 is 0 Å². The number of carbonyl (C=O) groups excluding carboxylic acids is 1. The average Bonchev–Trinajstić information content (AvgIpc) is 2.84. The van der Waals surface area contributed by atoms with E-state index in [-0.39, 0.29) is 0 Å². The summed E-state index contributed by atoms with van der Waals surface area (Å²) in [5.41, 5.74) is 0. The van der Waals surface area contributed by atoms with Crippen molar-refractivity contribution in [2.75, 3.05) is 13.1 Å². The summed E-state index contributed by atoms with van der Waals surface area (Å²) in [6, 6.07) is 0. The van der Waals surface area contributed by atoms with Crippen LogP contribution in [-0.4, -0.2) is 23.9 Å². The lowest BCUT2D eigenvalue weighted by atomic mass is 10.1. The Morgan fingerprint density at radius 3 is 0.971 bits per heavy atom. The third kappa shape index (κ3) is 24.6. The van der Waals surface area contributed by atoms with Crippen molar-refractivity contribution in [3.63, 3.8) is 0 Å². The molecule has 0 spiro atoms. The van der Waals surface area contributed by atoms with Crippen LogP contribution in [-0.2, 0) is 4.79 Å². The van der Waals surface area contributed by atoms with Crippen LogP contribution in [0.5, 0.6) is 0 Å². The average molecular weight is 480 g/mol. The first-order valence-corrected chi connectivity index (χ1v) is 16.0. The molecule has 34 heavy (non-hydrogen) atoms. The molecule has 0 atom stereocenters. The van der Waals surface area contributed by atoms with E-state index in [1.807, 2.05) is 0 Å². The van der Waals surface area contributed by atoms with Gasteiger partial charge in [0.25, 0.3) is 0 Å². The highest BCUT2D eigenvalue weighted by molar-refractivity contribution is 5.76. The van der Waals surface area contributed by atoms with Crippen LogP contribution < -0.4 is 0 Å². The number of carbonyl (C=O) groups is 1. The van der Waals surface area contributed by atoms with Gasteiger partial charge in [-0.05, 0) is 19.3 Å². The van der Waals surface area contributed by atoms with Crippen molar-refractivity contribution in [1.29, 1.82) is 0 Å². The SMILES string of the molecule is CCCCCCCCCCCC(=O)N(CCCCCCCCCC)CCCCCCCCCC. The molecule has 0 fully saturated rings. The quantitative estimate of drug-likeness (QED) is 0.102. The van der Waals surface area contributed by atoms with Crippen molar-refractivity contribution in [2.45, 2.75) is 188 Å². The Kier molecular flexibility index (Phi) is 28.3.